The Bertz CT molecular complexity index is 1050. The number of anilines is 2. The van der Waals surface area contributed by atoms with Crippen LogP contribution in [-0.4, -0.2) is 48.8 Å². The molecule has 156 valence electrons. The van der Waals surface area contributed by atoms with E-state index in [2.05, 4.69) is 20.2 Å². The molecule has 4 rings (SSSR count). The second-order valence-electron chi connectivity index (χ2n) is 7.22. The fourth-order valence-corrected chi connectivity index (χ4v) is 3.72. The summed E-state index contributed by atoms with van der Waals surface area (Å²) < 4.78 is 11.2. The highest BCUT2D eigenvalue weighted by Crippen LogP contribution is 2.30. The first-order valence-corrected chi connectivity index (χ1v) is 10.2. The van der Waals surface area contributed by atoms with Crippen molar-refractivity contribution in [1.29, 1.82) is 0 Å². The third-order valence-corrected chi connectivity index (χ3v) is 5.21. The van der Waals surface area contributed by atoms with Gasteiger partial charge in [-0.15, -0.1) is 0 Å². The number of carbonyl (C=O) groups is 1. The lowest BCUT2D eigenvalue weighted by atomic mass is 10.0. The van der Waals surface area contributed by atoms with Gasteiger partial charge in [0.2, 0.25) is 5.95 Å². The first-order valence-electron chi connectivity index (χ1n) is 10.2. The van der Waals surface area contributed by atoms with E-state index in [4.69, 9.17) is 9.47 Å². The molecule has 1 aromatic heterocycles. The van der Waals surface area contributed by atoms with Crippen molar-refractivity contribution >= 4 is 28.3 Å². The second kappa shape index (κ2) is 8.67. The Morgan fingerprint density at radius 2 is 1.80 bits per heavy atom. The van der Waals surface area contributed by atoms with Crippen LogP contribution in [0.1, 0.15) is 28.7 Å². The summed E-state index contributed by atoms with van der Waals surface area (Å²) in [5, 5.41) is 4.86. The smallest absolute Gasteiger partial charge is 0.260 e. The molecule has 0 unspecified atom stereocenters. The minimum Gasteiger partial charge on any atom is -0.493 e. The molecule has 0 atom stereocenters. The molecule has 2 heterocycles. The molecule has 3 aromatic rings. The van der Waals surface area contributed by atoms with E-state index in [9.17, 15) is 4.79 Å². The lowest BCUT2D eigenvalue weighted by Crippen LogP contribution is -2.37. The minimum atomic E-state index is -0.232. The van der Waals surface area contributed by atoms with E-state index in [-0.39, 0.29) is 5.91 Å². The van der Waals surface area contributed by atoms with E-state index in [0.717, 1.165) is 35.2 Å². The van der Waals surface area contributed by atoms with E-state index in [1.165, 1.54) is 0 Å². The van der Waals surface area contributed by atoms with Crippen molar-refractivity contribution in [3.8, 4) is 5.75 Å². The molecular formula is C23H26N4O3. The summed E-state index contributed by atoms with van der Waals surface area (Å²) in [7, 11) is 0. The third kappa shape index (κ3) is 3.93. The lowest BCUT2D eigenvalue weighted by Gasteiger charge is -2.27. The number of fused-ring (bicyclic) bond motifs is 1. The van der Waals surface area contributed by atoms with Gasteiger partial charge in [-0.1, -0.05) is 30.3 Å². The molecule has 1 amide bonds. The van der Waals surface area contributed by atoms with Crippen molar-refractivity contribution in [3.05, 3.63) is 53.3 Å². The first kappa shape index (κ1) is 20.1. The number of rotatable bonds is 5. The standard InChI is InChI=1S/C23H26N4O3/c1-4-30-19-10-9-17-7-5-6-8-18(17)20(19)22(28)26-21-15(2)24-23(25-16(21)3)27-11-13-29-14-12-27/h5-10H,4,11-14H2,1-3H3,(H,26,28). The summed E-state index contributed by atoms with van der Waals surface area (Å²) in [6.07, 6.45) is 0. The number of carbonyl (C=O) groups excluding carboxylic acids is 1. The Kier molecular flexibility index (Phi) is 5.81. The second-order valence-corrected chi connectivity index (χ2v) is 7.22. The maximum absolute atomic E-state index is 13.3. The van der Waals surface area contributed by atoms with Crippen molar-refractivity contribution < 1.29 is 14.3 Å². The summed E-state index contributed by atoms with van der Waals surface area (Å²) in [5.41, 5.74) is 2.62. The van der Waals surface area contributed by atoms with Crippen LogP contribution in [0.2, 0.25) is 0 Å². The molecule has 30 heavy (non-hydrogen) atoms. The molecule has 1 fully saturated rings. The van der Waals surface area contributed by atoms with Gasteiger partial charge < -0.3 is 19.7 Å². The number of nitrogens with zero attached hydrogens (tertiary/aromatic N) is 3. The predicted octanol–water partition coefficient (Wildman–Crippen LogP) is 3.73. The Hall–Kier alpha value is -3.19. The molecule has 0 spiro atoms. The molecule has 0 bridgehead atoms. The average Bonchev–Trinajstić information content (AvgIpc) is 2.76. The zero-order valence-electron chi connectivity index (χ0n) is 17.6. The molecule has 2 aromatic carbocycles. The Balaban J connectivity index is 1.68. The van der Waals surface area contributed by atoms with E-state index >= 15 is 0 Å². The Morgan fingerprint density at radius 3 is 2.50 bits per heavy atom. The number of aryl methyl sites for hydroxylation is 2. The zero-order valence-corrected chi connectivity index (χ0v) is 17.6. The normalized spacial score (nSPS) is 14.0. The predicted molar refractivity (Wildman–Crippen MR) is 118 cm³/mol. The number of nitrogens with one attached hydrogen (secondary N) is 1. The monoisotopic (exact) mass is 406 g/mol. The lowest BCUT2D eigenvalue weighted by molar-refractivity contribution is 0.102. The SMILES string of the molecule is CCOc1ccc2ccccc2c1C(=O)Nc1c(C)nc(N2CCOCC2)nc1C. The van der Waals surface area contributed by atoms with Crippen molar-refractivity contribution in [2.45, 2.75) is 20.8 Å². The molecule has 7 nitrogen and oxygen atoms in total. The number of hydrogen-bond donors (Lipinski definition) is 1. The van der Waals surface area contributed by atoms with Gasteiger partial charge in [0.15, 0.2) is 0 Å². The number of benzene rings is 2. The molecule has 1 N–H and O–H groups in total. The molecule has 1 saturated heterocycles. The summed E-state index contributed by atoms with van der Waals surface area (Å²) >= 11 is 0. The van der Waals surface area contributed by atoms with Crippen LogP contribution in [0.5, 0.6) is 5.75 Å². The molecule has 0 saturated carbocycles. The van der Waals surface area contributed by atoms with Crippen molar-refractivity contribution in [2.75, 3.05) is 43.1 Å². The topological polar surface area (TPSA) is 76.6 Å². The molecule has 7 heteroatoms. The number of hydrogen-bond acceptors (Lipinski definition) is 6. The Morgan fingerprint density at radius 1 is 1.10 bits per heavy atom. The largest absolute Gasteiger partial charge is 0.493 e. The van der Waals surface area contributed by atoms with E-state index < -0.39 is 0 Å². The number of morpholine rings is 1. The zero-order chi connectivity index (χ0) is 21.1. The number of aromatic nitrogens is 2. The van der Waals surface area contributed by atoms with Crippen LogP contribution in [0.3, 0.4) is 0 Å². The molecule has 1 aliphatic rings. The van der Waals surface area contributed by atoms with E-state index in [0.29, 0.717) is 42.8 Å². The number of amides is 1. The van der Waals surface area contributed by atoms with Gasteiger partial charge in [0.05, 0.1) is 42.5 Å². The highest BCUT2D eigenvalue weighted by atomic mass is 16.5. The van der Waals surface area contributed by atoms with E-state index in [1.54, 1.807) is 0 Å². The first-order chi connectivity index (χ1) is 14.6. The minimum absolute atomic E-state index is 0.232. The summed E-state index contributed by atoms with van der Waals surface area (Å²) in [5.74, 6) is 1.01. The van der Waals surface area contributed by atoms with Gasteiger partial charge >= 0.3 is 0 Å². The fraction of sp³-hybridized carbons (Fsp3) is 0.348. The van der Waals surface area contributed by atoms with Crippen LogP contribution >= 0.6 is 0 Å². The maximum atomic E-state index is 13.3. The van der Waals surface area contributed by atoms with E-state index in [1.807, 2.05) is 57.2 Å². The average molecular weight is 406 g/mol. The molecule has 0 radical (unpaired) electrons. The highest BCUT2D eigenvalue weighted by molar-refractivity contribution is 6.15. The molecular weight excluding hydrogens is 380 g/mol. The Labute approximate surface area is 176 Å². The van der Waals surface area contributed by atoms with Crippen LogP contribution in [0, 0.1) is 13.8 Å². The van der Waals surface area contributed by atoms with Gasteiger partial charge in [-0.05, 0) is 37.6 Å². The van der Waals surface area contributed by atoms with Crippen LogP contribution < -0.4 is 15.0 Å². The van der Waals surface area contributed by atoms with Gasteiger partial charge in [0, 0.05) is 13.1 Å². The van der Waals surface area contributed by atoms with Crippen molar-refractivity contribution in [2.24, 2.45) is 0 Å². The molecule has 0 aliphatic carbocycles. The molecule has 1 aliphatic heterocycles. The number of ether oxygens (including phenoxy) is 2. The third-order valence-electron chi connectivity index (χ3n) is 5.21. The van der Waals surface area contributed by atoms with Gasteiger partial charge in [0.25, 0.3) is 5.91 Å². The summed E-state index contributed by atoms with van der Waals surface area (Å²) in [4.78, 5) is 24.7. The fourth-order valence-electron chi connectivity index (χ4n) is 3.72. The highest BCUT2D eigenvalue weighted by Gasteiger charge is 2.21. The van der Waals surface area contributed by atoms with Gasteiger partial charge in [0.1, 0.15) is 5.75 Å². The maximum Gasteiger partial charge on any atom is 0.260 e. The van der Waals surface area contributed by atoms with Gasteiger partial charge in [-0.3, -0.25) is 4.79 Å². The summed E-state index contributed by atoms with van der Waals surface area (Å²) in [6.45, 7) is 9.03. The van der Waals surface area contributed by atoms with Crippen molar-refractivity contribution in [3.63, 3.8) is 0 Å². The van der Waals surface area contributed by atoms with Crippen LogP contribution in [-0.2, 0) is 4.74 Å². The summed E-state index contributed by atoms with van der Waals surface area (Å²) in [6, 6.07) is 11.6. The quantitative estimate of drug-likeness (QED) is 0.696. The van der Waals surface area contributed by atoms with Crippen molar-refractivity contribution in [1.82, 2.24) is 9.97 Å². The van der Waals surface area contributed by atoms with Crippen LogP contribution in [0.15, 0.2) is 36.4 Å². The van der Waals surface area contributed by atoms with Gasteiger partial charge in [-0.2, -0.15) is 0 Å². The van der Waals surface area contributed by atoms with Crippen LogP contribution in [0.25, 0.3) is 10.8 Å². The van der Waals surface area contributed by atoms with Gasteiger partial charge in [-0.25, -0.2) is 9.97 Å². The van der Waals surface area contributed by atoms with Crippen LogP contribution in [0.4, 0.5) is 11.6 Å².